The van der Waals surface area contributed by atoms with Crippen LogP contribution in [-0.4, -0.2) is 62.6 Å². The lowest BCUT2D eigenvalue weighted by molar-refractivity contribution is -0.0496. The highest BCUT2D eigenvalue weighted by Crippen LogP contribution is 2.30. The van der Waals surface area contributed by atoms with Gasteiger partial charge in [-0.15, -0.1) is 24.0 Å². The number of guanidine groups is 1. The largest absolute Gasteiger partial charge is 0.511 e. The highest BCUT2D eigenvalue weighted by Gasteiger charge is 2.50. The number of aryl methyl sites for hydroxylation is 2. The summed E-state index contributed by atoms with van der Waals surface area (Å²) in [5.74, 6) is 1.51. The maximum absolute atomic E-state index is 12.6. The van der Waals surface area contributed by atoms with E-state index in [-0.39, 0.29) is 43.0 Å². The van der Waals surface area contributed by atoms with E-state index in [1.54, 1.807) is 7.05 Å². The van der Waals surface area contributed by atoms with Gasteiger partial charge < -0.3 is 15.2 Å². The second-order valence-electron chi connectivity index (χ2n) is 7.08. The normalized spacial score (nSPS) is 16.9. The number of aliphatic imine (C=N–C) groups is 1. The third-order valence-electron chi connectivity index (χ3n) is 5.06. The van der Waals surface area contributed by atoms with Gasteiger partial charge in [-0.05, 0) is 45.4 Å². The van der Waals surface area contributed by atoms with Crippen molar-refractivity contribution in [1.29, 1.82) is 0 Å². The molecule has 1 fully saturated rings. The van der Waals surface area contributed by atoms with Crippen molar-refractivity contribution in [3.63, 3.8) is 0 Å². The minimum absolute atomic E-state index is 0. The summed E-state index contributed by atoms with van der Waals surface area (Å²) in [4.78, 5) is 4.14. The summed E-state index contributed by atoms with van der Waals surface area (Å²) >= 11 is 0. The predicted molar refractivity (Wildman–Crippen MR) is 118 cm³/mol. The second-order valence-corrected chi connectivity index (χ2v) is 9.01. The molecule has 2 rings (SSSR count). The zero-order chi connectivity index (χ0) is 21.7. The number of piperidine rings is 1. The average Bonchev–Trinajstić information content (AvgIpc) is 2.98. The van der Waals surface area contributed by atoms with Gasteiger partial charge in [-0.2, -0.15) is 17.5 Å². The monoisotopic (exact) mass is 567 g/mol. The summed E-state index contributed by atoms with van der Waals surface area (Å²) in [6.45, 7) is 4.74. The third-order valence-corrected chi connectivity index (χ3v) is 6.69. The molecule has 30 heavy (non-hydrogen) atoms. The first-order chi connectivity index (χ1) is 13.6. The maximum Gasteiger partial charge on any atom is 0.511 e. The predicted octanol–water partition coefficient (Wildman–Crippen LogP) is 2.57. The fourth-order valence-electron chi connectivity index (χ4n) is 3.29. The fraction of sp³-hybridized carbons (Fsp3) is 0.765. The summed E-state index contributed by atoms with van der Waals surface area (Å²) in [7, 11) is -3.59. The average molecular weight is 567 g/mol. The summed E-state index contributed by atoms with van der Waals surface area (Å²) in [5, 5.41) is 10.3. The lowest BCUT2D eigenvalue weighted by atomic mass is 9.98. The van der Waals surface area contributed by atoms with Crippen LogP contribution < -0.4 is 10.6 Å². The van der Waals surface area contributed by atoms with Crippen LogP contribution in [0.2, 0.25) is 0 Å². The van der Waals surface area contributed by atoms with Gasteiger partial charge in [0.05, 0.1) is 5.69 Å². The number of hydrogen-bond acceptors (Lipinski definition) is 5. The van der Waals surface area contributed by atoms with Crippen molar-refractivity contribution in [1.82, 2.24) is 20.1 Å². The van der Waals surface area contributed by atoms with Crippen LogP contribution in [0.1, 0.15) is 36.3 Å². The number of aromatic nitrogens is 1. The number of halogens is 4. The molecule has 1 aromatic rings. The van der Waals surface area contributed by atoms with Crippen molar-refractivity contribution in [2.24, 2.45) is 10.9 Å². The van der Waals surface area contributed by atoms with Crippen molar-refractivity contribution in [3.05, 3.63) is 17.0 Å². The molecule has 1 aromatic heterocycles. The minimum atomic E-state index is -5.24. The van der Waals surface area contributed by atoms with Crippen LogP contribution in [0.3, 0.4) is 0 Å². The lowest BCUT2D eigenvalue weighted by Gasteiger charge is -2.31. The van der Waals surface area contributed by atoms with Gasteiger partial charge in [0.25, 0.3) is 0 Å². The van der Waals surface area contributed by atoms with E-state index in [0.29, 0.717) is 36.2 Å². The Bertz CT molecular complexity index is 787. The Morgan fingerprint density at radius 1 is 1.27 bits per heavy atom. The lowest BCUT2D eigenvalue weighted by Crippen LogP contribution is -2.47. The van der Waals surface area contributed by atoms with E-state index in [0.717, 1.165) is 29.9 Å². The van der Waals surface area contributed by atoms with Gasteiger partial charge >= 0.3 is 15.5 Å². The van der Waals surface area contributed by atoms with Gasteiger partial charge in [0.15, 0.2) is 5.96 Å². The van der Waals surface area contributed by atoms with Crippen LogP contribution in [0, 0.1) is 19.8 Å². The van der Waals surface area contributed by atoms with Crippen molar-refractivity contribution in [3.8, 4) is 0 Å². The van der Waals surface area contributed by atoms with Crippen molar-refractivity contribution >= 4 is 40.0 Å². The number of hydrogen-bond donors (Lipinski definition) is 2. The molecule has 174 valence electrons. The van der Waals surface area contributed by atoms with Gasteiger partial charge in [-0.1, -0.05) is 5.16 Å². The molecule has 0 unspecified atom stereocenters. The van der Waals surface area contributed by atoms with Crippen molar-refractivity contribution in [2.75, 3.05) is 33.2 Å². The Morgan fingerprint density at radius 3 is 2.40 bits per heavy atom. The SMILES string of the molecule is CN=C(NCCCc1c(C)noc1C)NCC1CCN(S(=O)(=O)C(F)(F)F)CC1.I. The molecule has 0 atom stereocenters. The number of sulfonamides is 1. The molecule has 2 N–H and O–H groups in total. The van der Waals surface area contributed by atoms with E-state index in [4.69, 9.17) is 4.52 Å². The zero-order valence-electron chi connectivity index (χ0n) is 17.3. The van der Waals surface area contributed by atoms with Gasteiger partial charge in [0, 0.05) is 38.8 Å². The highest BCUT2D eigenvalue weighted by molar-refractivity contribution is 14.0. The molecule has 1 aliphatic heterocycles. The number of rotatable bonds is 7. The quantitative estimate of drug-likeness (QED) is 0.228. The molecule has 1 saturated heterocycles. The summed E-state index contributed by atoms with van der Waals surface area (Å²) in [6.07, 6.45) is 2.42. The van der Waals surface area contributed by atoms with Crippen LogP contribution in [0.5, 0.6) is 0 Å². The smallest absolute Gasteiger partial charge is 0.361 e. The zero-order valence-corrected chi connectivity index (χ0v) is 20.4. The van der Waals surface area contributed by atoms with Crippen molar-refractivity contribution < 1.29 is 26.1 Å². The van der Waals surface area contributed by atoms with Gasteiger partial charge in [0.2, 0.25) is 0 Å². The Morgan fingerprint density at radius 2 is 1.90 bits per heavy atom. The molecule has 2 heterocycles. The van der Waals surface area contributed by atoms with E-state index in [1.807, 2.05) is 13.8 Å². The number of alkyl halides is 3. The third kappa shape index (κ3) is 6.97. The molecule has 13 heteroatoms. The van der Waals surface area contributed by atoms with Gasteiger partial charge in [-0.25, -0.2) is 8.42 Å². The molecular formula is C17H29F3IN5O3S. The highest BCUT2D eigenvalue weighted by atomic mass is 127. The minimum Gasteiger partial charge on any atom is -0.361 e. The Kier molecular flexibility index (Phi) is 10.3. The summed E-state index contributed by atoms with van der Waals surface area (Å²) in [5.41, 5.74) is -3.24. The van der Waals surface area contributed by atoms with E-state index in [1.165, 1.54) is 0 Å². The molecule has 0 aliphatic carbocycles. The van der Waals surface area contributed by atoms with Gasteiger partial charge in [-0.3, -0.25) is 4.99 Å². The molecule has 8 nitrogen and oxygen atoms in total. The molecule has 0 aromatic carbocycles. The van der Waals surface area contributed by atoms with Crippen LogP contribution >= 0.6 is 24.0 Å². The maximum atomic E-state index is 12.6. The van der Waals surface area contributed by atoms with Crippen LogP contribution in [0.4, 0.5) is 13.2 Å². The molecule has 0 radical (unpaired) electrons. The molecule has 0 saturated carbocycles. The van der Waals surface area contributed by atoms with Crippen LogP contribution in [-0.2, 0) is 16.4 Å². The molecule has 0 bridgehead atoms. The Balaban J connectivity index is 0.00000450. The number of nitrogens with one attached hydrogen (secondary N) is 2. The molecule has 0 spiro atoms. The first-order valence-corrected chi connectivity index (χ1v) is 10.9. The molecule has 0 amide bonds. The van der Waals surface area contributed by atoms with E-state index in [9.17, 15) is 21.6 Å². The molecular weight excluding hydrogens is 538 g/mol. The van der Waals surface area contributed by atoms with Gasteiger partial charge in [0.1, 0.15) is 5.76 Å². The Labute approximate surface area is 192 Å². The molecule has 1 aliphatic rings. The second kappa shape index (κ2) is 11.5. The van der Waals surface area contributed by atoms with Crippen LogP contribution in [0.25, 0.3) is 0 Å². The van der Waals surface area contributed by atoms with E-state index >= 15 is 0 Å². The van der Waals surface area contributed by atoms with E-state index < -0.39 is 15.5 Å². The first-order valence-electron chi connectivity index (χ1n) is 9.49. The number of nitrogens with zero attached hydrogens (tertiary/aromatic N) is 3. The standard InChI is InChI=1S/C17H28F3N5O3S.HI/c1-12-15(13(2)28-24-12)5-4-8-22-16(21-3)23-11-14-6-9-25(10-7-14)29(26,27)17(18,19)20;/h14H,4-11H2,1-3H3,(H2,21,22,23);1H. The Hall–Kier alpha value is -1.09. The van der Waals surface area contributed by atoms with Crippen LogP contribution in [0.15, 0.2) is 9.52 Å². The topological polar surface area (TPSA) is 99.8 Å². The first kappa shape index (κ1) is 26.9. The fourth-order valence-corrected chi connectivity index (χ4v) is 4.28. The van der Waals surface area contributed by atoms with E-state index in [2.05, 4.69) is 20.8 Å². The summed E-state index contributed by atoms with van der Waals surface area (Å²) < 4.78 is 66.4. The van der Waals surface area contributed by atoms with Crippen molar-refractivity contribution in [2.45, 2.75) is 45.0 Å². The summed E-state index contributed by atoms with van der Waals surface area (Å²) in [6, 6.07) is 0.